The molecule has 0 fully saturated rings. The Kier molecular flexibility index (Phi) is 3.41. The Morgan fingerprint density at radius 2 is 2.08 bits per heavy atom. The Labute approximate surface area is 70.9 Å². The zero-order valence-electron chi connectivity index (χ0n) is 6.95. The van der Waals surface area contributed by atoms with Crippen molar-refractivity contribution in [3.63, 3.8) is 0 Å². The van der Waals surface area contributed by atoms with E-state index in [-0.39, 0.29) is 24.5 Å². The van der Waals surface area contributed by atoms with E-state index in [9.17, 15) is 8.78 Å². The molecule has 0 bridgehead atoms. The van der Waals surface area contributed by atoms with Crippen LogP contribution in [-0.4, -0.2) is 6.54 Å². The summed E-state index contributed by atoms with van der Waals surface area (Å²) >= 11 is 0. The van der Waals surface area contributed by atoms with Crippen molar-refractivity contribution >= 4 is 0 Å². The minimum absolute atomic E-state index is 0.176. The van der Waals surface area contributed by atoms with E-state index in [1.165, 1.54) is 6.08 Å². The van der Waals surface area contributed by atoms with Crippen LogP contribution >= 0.6 is 0 Å². The summed E-state index contributed by atoms with van der Waals surface area (Å²) < 4.78 is 25.6. The van der Waals surface area contributed by atoms with Gasteiger partial charge < -0.3 is 5.73 Å². The smallest absolute Gasteiger partial charge is 0.104 e. The summed E-state index contributed by atoms with van der Waals surface area (Å²) in [6.07, 6.45) is 2.98. The minimum Gasteiger partial charge on any atom is -0.330 e. The second-order valence-electron chi connectivity index (χ2n) is 2.91. The first kappa shape index (κ1) is 9.39. The van der Waals surface area contributed by atoms with Crippen LogP contribution in [0.15, 0.2) is 23.3 Å². The summed E-state index contributed by atoms with van der Waals surface area (Å²) in [5.41, 5.74) is 5.76. The molecule has 0 amide bonds. The Hall–Kier alpha value is -0.700. The third-order valence-corrected chi connectivity index (χ3v) is 1.91. The fourth-order valence-corrected chi connectivity index (χ4v) is 1.23. The lowest BCUT2D eigenvalue weighted by Crippen LogP contribution is -2.01. The molecule has 0 unspecified atom stereocenters. The highest BCUT2D eigenvalue weighted by atomic mass is 19.1. The van der Waals surface area contributed by atoms with Crippen molar-refractivity contribution in [2.75, 3.05) is 6.54 Å². The third-order valence-electron chi connectivity index (χ3n) is 1.91. The average Bonchev–Trinajstić information content (AvgIpc) is 2.07. The van der Waals surface area contributed by atoms with Crippen LogP contribution in [0.3, 0.4) is 0 Å². The molecule has 0 atom stereocenters. The molecule has 0 aliphatic heterocycles. The maximum Gasteiger partial charge on any atom is 0.104 e. The normalized spacial score (nSPS) is 18.1. The SMILES string of the molecule is NCCCC1=C(F)CCC(F)=C1. The fraction of sp³-hybridized carbons (Fsp3) is 0.556. The van der Waals surface area contributed by atoms with E-state index in [0.717, 1.165) is 0 Å². The van der Waals surface area contributed by atoms with Crippen molar-refractivity contribution in [1.82, 2.24) is 0 Å². The van der Waals surface area contributed by atoms with Gasteiger partial charge in [0.15, 0.2) is 0 Å². The molecule has 12 heavy (non-hydrogen) atoms. The molecule has 1 aliphatic carbocycles. The molecule has 1 aliphatic rings. The van der Waals surface area contributed by atoms with E-state index < -0.39 is 0 Å². The maximum atomic E-state index is 13.0. The molecule has 1 rings (SSSR count). The molecule has 0 aromatic rings. The zero-order valence-corrected chi connectivity index (χ0v) is 6.95. The second-order valence-corrected chi connectivity index (χ2v) is 2.91. The highest BCUT2D eigenvalue weighted by Crippen LogP contribution is 2.27. The predicted molar refractivity (Wildman–Crippen MR) is 44.8 cm³/mol. The third kappa shape index (κ3) is 2.41. The average molecular weight is 173 g/mol. The summed E-state index contributed by atoms with van der Waals surface area (Å²) in [6.45, 7) is 0.520. The monoisotopic (exact) mass is 173 g/mol. The molecule has 3 heteroatoms. The van der Waals surface area contributed by atoms with Crippen molar-refractivity contribution in [2.24, 2.45) is 5.73 Å². The number of hydrogen-bond acceptors (Lipinski definition) is 1. The Bertz CT molecular complexity index is 219. The van der Waals surface area contributed by atoms with E-state index >= 15 is 0 Å². The molecule has 1 nitrogen and oxygen atoms in total. The number of allylic oxidation sites excluding steroid dienone is 4. The number of halogens is 2. The summed E-state index contributed by atoms with van der Waals surface area (Å²) in [6, 6.07) is 0. The Balaban J connectivity index is 2.59. The van der Waals surface area contributed by atoms with Gasteiger partial charge in [-0.15, -0.1) is 0 Å². The van der Waals surface area contributed by atoms with E-state index in [1.807, 2.05) is 0 Å². The van der Waals surface area contributed by atoms with Gasteiger partial charge in [-0.25, -0.2) is 8.78 Å². The number of rotatable bonds is 3. The van der Waals surface area contributed by atoms with Crippen molar-refractivity contribution in [3.05, 3.63) is 23.3 Å². The predicted octanol–water partition coefficient (Wildman–Crippen LogP) is 2.60. The summed E-state index contributed by atoms with van der Waals surface area (Å²) in [7, 11) is 0. The summed E-state index contributed by atoms with van der Waals surface area (Å²) in [5, 5.41) is 0. The molecule has 0 spiro atoms. The first-order valence-electron chi connectivity index (χ1n) is 4.17. The quantitative estimate of drug-likeness (QED) is 0.697. The van der Waals surface area contributed by atoms with E-state index in [1.54, 1.807) is 0 Å². The lowest BCUT2D eigenvalue weighted by molar-refractivity contribution is 0.511. The van der Waals surface area contributed by atoms with E-state index in [4.69, 9.17) is 5.73 Å². The van der Waals surface area contributed by atoms with Crippen LogP contribution in [-0.2, 0) is 0 Å². The summed E-state index contributed by atoms with van der Waals surface area (Å²) in [5.74, 6) is -0.395. The first-order chi connectivity index (χ1) is 5.74. The van der Waals surface area contributed by atoms with Gasteiger partial charge in [0.05, 0.1) is 0 Å². The molecule has 0 saturated heterocycles. The molecular weight excluding hydrogens is 160 g/mol. The van der Waals surface area contributed by atoms with Gasteiger partial charge in [0.25, 0.3) is 0 Å². The van der Waals surface area contributed by atoms with Gasteiger partial charge in [-0.05, 0) is 31.0 Å². The molecule has 0 saturated carbocycles. The first-order valence-corrected chi connectivity index (χ1v) is 4.17. The molecule has 68 valence electrons. The van der Waals surface area contributed by atoms with Crippen LogP contribution in [0.1, 0.15) is 25.7 Å². The van der Waals surface area contributed by atoms with Crippen LogP contribution < -0.4 is 5.73 Å². The van der Waals surface area contributed by atoms with E-state index in [0.29, 0.717) is 25.0 Å². The highest BCUT2D eigenvalue weighted by molar-refractivity contribution is 5.28. The zero-order chi connectivity index (χ0) is 8.97. The summed E-state index contributed by atoms with van der Waals surface area (Å²) in [4.78, 5) is 0. The fourth-order valence-electron chi connectivity index (χ4n) is 1.23. The highest BCUT2D eigenvalue weighted by Gasteiger charge is 2.12. The van der Waals surface area contributed by atoms with Crippen molar-refractivity contribution < 1.29 is 8.78 Å². The van der Waals surface area contributed by atoms with Crippen molar-refractivity contribution in [1.29, 1.82) is 0 Å². The van der Waals surface area contributed by atoms with Gasteiger partial charge in [-0.3, -0.25) is 0 Å². The number of hydrogen-bond donors (Lipinski definition) is 1. The topological polar surface area (TPSA) is 26.0 Å². The van der Waals surface area contributed by atoms with Gasteiger partial charge in [-0.2, -0.15) is 0 Å². The number of nitrogens with two attached hydrogens (primary N) is 1. The maximum absolute atomic E-state index is 13.0. The molecule has 2 N–H and O–H groups in total. The van der Waals surface area contributed by atoms with Gasteiger partial charge in [0.2, 0.25) is 0 Å². The molecule has 0 radical (unpaired) electrons. The van der Waals surface area contributed by atoms with Crippen LogP contribution in [0.25, 0.3) is 0 Å². The van der Waals surface area contributed by atoms with Gasteiger partial charge in [0, 0.05) is 12.8 Å². The molecule has 0 aromatic carbocycles. The molecule has 0 heterocycles. The standard InChI is InChI=1S/C9H13F2N/c10-8-3-4-9(11)7(6-8)2-1-5-12/h6H,1-5,12H2. The van der Waals surface area contributed by atoms with Crippen molar-refractivity contribution in [2.45, 2.75) is 25.7 Å². The van der Waals surface area contributed by atoms with Gasteiger partial charge in [0.1, 0.15) is 11.7 Å². The Morgan fingerprint density at radius 3 is 2.75 bits per heavy atom. The van der Waals surface area contributed by atoms with E-state index in [2.05, 4.69) is 0 Å². The molecular formula is C9H13F2N. The largest absolute Gasteiger partial charge is 0.330 e. The van der Waals surface area contributed by atoms with Gasteiger partial charge >= 0.3 is 0 Å². The lowest BCUT2D eigenvalue weighted by Gasteiger charge is -2.10. The second kappa shape index (κ2) is 4.36. The van der Waals surface area contributed by atoms with Gasteiger partial charge in [-0.1, -0.05) is 0 Å². The Morgan fingerprint density at radius 1 is 1.33 bits per heavy atom. The van der Waals surface area contributed by atoms with Crippen LogP contribution in [0, 0.1) is 0 Å². The van der Waals surface area contributed by atoms with Crippen LogP contribution in [0.4, 0.5) is 8.78 Å². The van der Waals surface area contributed by atoms with Crippen molar-refractivity contribution in [3.8, 4) is 0 Å². The minimum atomic E-state index is -0.219. The molecule has 0 aromatic heterocycles. The van der Waals surface area contributed by atoms with Crippen LogP contribution in [0.5, 0.6) is 0 Å². The van der Waals surface area contributed by atoms with Crippen LogP contribution in [0.2, 0.25) is 0 Å². The lowest BCUT2D eigenvalue weighted by atomic mass is 10.0.